The zero-order valence-electron chi connectivity index (χ0n) is 14.4. The number of likely N-dealkylation sites (tertiary alicyclic amines) is 1. The molecule has 4 rings (SSSR count). The summed E-state index contributed by atoms with van der Waals surface area (Å²) in [4.78, 5) is 14.5. The number of carbonyl (C=O) groups is 1. The molecule has 128 valence electrons. The van der Waals surface area contributed by atoms with Gasteiger partial charge in [-0.05, 0) is 49.7 Å². The number of ketones is 1. The summed E-state index contributed by atoms with van der Waals surface area (Å²) < 4.78 is 1.78. The lowest BCUT2D eigenvalue weighted by Crippen LogP contribution is -2.28. The van der Waals surface area contributed by atoms with Gasteiger partial charge in [0.25, 0.3) is 0 Å². The number of hydrogen-bond acceptors (Lipinski definition) is 5. The third kappa shape index (κ3) is 3.58. The van der Waals surface area contributed by atoms with Crippen molar-refractivity contribution >= 4 is 16.7 Å². The summed E-state index contributed by atoms with van der Waals surface area (Å²) in [5, 5.41) is 13.7. The number of carbonyl (C=O) groups excluding carboxylic acids is 1. The minimum absolute atomic E-state index is 0.207. The number of rotatable bonds is 5. The molecule has 0 radical (unpaired) electrons. The smallest absolute Gasteiger partial charge is 0.152 e. The number of aryl methyl sites for hydroxylation is 1. The first-order chi connectivity index (χ1) is 12.2. The van der Waals surface area contributed by atoms with Crippen LogP contribution in [0.1, 0.15) is 18.5 Å². The van der Waals surface area contributed by atoms with Gasteiger partial charge >= 0.3 is 0 Å². The fraction of sp³-hybridized carbons (Fsp3) is 0.368. The predicted octanol–water partition coefficient (Wildman–Crippen LogP) is 2.24. The molecule has 0 aliphatic carbocycles. The van der Waals surface area contributed by atoms with Crippen molar-refractivity contribution < 1.29 is 4.79 Å². The standard InChI is InChI=1S/C19H21N5O/c1-23-12-16(11-20-23)14-4-5-19-15(8-14)9-17(21-22-19)10-18(25)13-24-6-2-3-7-24/h4-5,8-9,11-12H,2-3,6-7,10,13H2,1H3. The van der Waals surface area contributed by atoms with Crippen LogP contribution < -0.4 is 0 Å². The van der Waals surface area contributed by atoms with Crippen molar-refractivity contribution in [2.75, 3.05) is 19.6 Å². The molecule has 0 bridgehead atoms. The second-order valence-electron chi connectivity index (χ2n) is 6.71. The zero-order chi connectivity index (χ0) is 17.2. The molecule has 1 fully saturated rings. The van der Waals surface area contributed by atoms with Gasteiger partial charge in [-0.1, -0.05) is 6.07 Å². The Hall–Kier alpha value is -2.60. The highest BCUT2D eigenvalue weighted by atomic mass is 16.1. The lowest BCUT2D eigenvalue weighted by atomic mass is 10.1. The largest absolute Gasteiger partial charge is 0.298 e. The first kappa shape index (κ1) is 15.9. The maximum Gasteiger partial charge on any atom is 0.152 e. The Morgan fingerprint density at radius 2 is 1.96 bits per heavy atom. The van der Waals surface area contributed by atoms with Crippen molar-refractivity contribution in [1.29, 1.82) is 0 Å². The van der Waals surface area contributed by atoms with Crippen LogP contribution >= 0.6 is 0 Å². The molecule has 0 atom stereocenters. The van der Waals surface area contributed by atoms with Crippen LogP contribution in [0.25, 0.3) is 22.0 Å². The molecule has 3 heterocycles. The molecule has 1 aliphatic heterocycles. The quantitative estimate of drug-likeness (QED) is 0.715. The Morgan fingerprint density at radius 1 is 1.12 bits per heavy atom. The third-order valence-electron chi connectivity index (χ3n) is 4.65. The minimum Gasteiger partial charge on any atom is -0.298 e. The van der Waals surface area contributed by atoms with Gasteiger partial charge in [0.2, 0.25) is 0 Å². The Labute approximate surface area is 146 Å². The lowest BCUT2D eigenvalue weighted by Gasteiger charge is -2.12. The van der Waals surface area contributed by atoms with E-state index in [0.29, 0.717) is 13.0 Å². The van der Waals surface area contributed by atoms with Gasteiger partial charge in [-0.2, -0.15) is 15.3 Å². The van der Waals surface area contributed by atoms with Crippen LogP contribution in [-0.4, -0.2) is 50.3 Å². The fourth-order valence-electron chi connectivity index (χ4n) is 3.37. The van der Waals surface area contributed by atoms with Crippen LogP contribution in [0.2, 0.25) is 0 Å². The summed E-state index contributed by atoms with van der Waals surface area (Å²) in [6, 6.07) is 8.03. The van der Waals surface area contributed by atoms with Crippen molar-refractivity contribution in [3.8, 4) is 11.1 Å². The van der Waals surface area contributed by atoms with E-state index in [1.807, 2.05) is 37.6 Å². The highest BCUT2D eigenvalue weighted by Crippen LogP contribution is 2.23. The second-order valence-corrected chi connectivity index (χ2v) is 6.71. The van der Waals surface area contributed by atoms with Crippen LogP contribution in [0.5, 0.6) is 0 Å². The highest BCUT2D eigenvalue weighted by Gasteiger charge is 2.16. The van der Waals surface area contributed by atoms with Gasteiger partial charge in [0.15, 0.2) is 5.78 Å². The molecule has 1 saturated heterocycles. The maximum absolute atomic E-state index is 12.3. The van der Waals surface area contributed by atoms with E-state index in [-0.39, 0.29) is 5.78 Å². The number of Topliss-reactive ketones (excluding diaryl/α,β-unsaturated/α-hetero) is 1. The van der Waals surface area contributed by atoms with Crippen molar-refractivity contribution in [2.24, 2.45) is 7.05 Å². The summed E-state index contributed by atoms with van der Waals surface area (Å²) in [6.07, 6.45) is 6.56. The Bertz CT molecular complexity index is 911. The van der Waals surface area contributed by atoms with Crippen LogP contribution in [-0.2, 0) is 18.3 Å². The van der Waals surface area contributed by atoms with Gasteiger partial charge in [-0.3, -0.25) is 14.4 Å². The number of aromatic nitrogens is 4. The monoisotopic (exact) mass is 335 g/mol. The Balaban J connectivity index is 1.54. The van der Waals surface area contributed by atoms with Gasteiger partial charge in [0, 0.05) is 24.2 Å². The average Bonchev–Trinajstić information content (AvgIpc) is 3.26. The molecule has 1 aliphatic rings. The third-order valence-corrected chi connectivity index (χ3v) is 4.65. The number of hydrogen-bond donors (Lipinski definition) is 0. The van der Waals surface area contributed by atoms with Crippen LogP contribution in [0.15, 0.2) is 36.7 Å². The molecular formula is C19H21N5O. The van der Waals surface area contributed by atoms with E-state index in [9.17, 15) is 4.79 Å². The van der Waals surface area contributed by atoms with Crippen molar-refractivity contribution in [3.63, 3.8) is 0 Å². The van der Waals surface area contributed by atoms with Crippen molar-refractivity contribution in [2.45, 2.75) is 19.3 Å². The zero-order valence-corrected chi connectivity index (χ0v) is 14.4. The van der Waals surface area contributed by atoms with E-state index < -0.39 is 0 Å². The van der Waals surface area contributed by atoms with Crippen LogP contribution in [0.4, 0.5) is 0 Å². The SMILES string of the molecule is Cn1cc(-c2ccc3nnc(CC(=O)CN4CCCC4)cc3c2)cn1. The van der Waals surface area contributed by atoms with Crippen molar-refractivity contribution in [1.82, 2.24) is 24.9 Å². The fourth-order valence-corrected chi connectivity index (χ4v) is 3.37. The Morgan fingerprint density at radius 3 is 2.72 bits per heavy atom. The number of nitrogens with zero attached hydrogens (tertiary/aromatic N) is 5. The molecule has 1 aromatic carbocycles. The van der Waals surface area contributed by atoms with Crippen LogP contribution in [0, 0.1) is 0 Å². The van der Waals surface area contributed by atoms with Gasteiger partial charge in [-0.25, -0.2) is 0 Å². The molecule has 0 N–H and O–H groups in total. The molecule has 6 nitrogen and oxygen atoms in total. The molecule has 0 unspecified atom stereocenters. The summed E-state index contributed by atoms with van der Waals surface area (Å²) in [6.45, 7) is 2.59. The lowest BCUT2D eigenvalue weighted by molar-refractivity contribution is -0.119. The summed E-state index contributed by atoms with van der Waals surface area (Å²) >= 11 is 0. The molecule has 25 heavy (non-hydrogen) atoms. The van der Waals surface area contributed by atoms with E-state index in [0.717, 1.165) is 40.8 Å². The molecule has 3 aromatic rings. The molecule has 0 amide bonds. The van der Waals surface area contributed by atoms with Crippen molar-refractivity contribution in [3.05, 3.63) is 42.4 Å². The molecule has 0 spiro atoms. The van der Waals surface area contributed by atoms with Gasteiger partial charge in [0.1, 0.15) is 0 Å². The van der Waals surface area contributed by atoms with E-state index in [1.54, 1.807) is 4.68 Å². The summed E-state index contributed by atoms with van der Waals surface area (Å²) in [5.41, 5.74) is 3.72. The molecule has 0 saturated carbocycles. The number of fused-ring (bicyclic) bond motifs is 1. The van der Waals surface area contributed by atoms with Gasteiger partial charge in [-0.15, -0.1) is 0 Å². The summed E-state index contributed by atoms with van der Waals surface area (Å²) in [7, 11) is 1.90. The van der Waals surface area contributed by atoms with Gasteiger partial charge < -0.3 is 0 Å². The normalized spacial score (nSPS) is 15.1. The predicted molar refractivity (Wildman–Crippen MR) is 96.1 cm³/mol. The van der Waals surface area contributed by atoms with E-state index in [1.165, 1.54) is 12.8 Å². The van der Waals surface area contributed by atoms with Gasteiger partial charge in [0.05, 0.1) is 30.4 Å². The first-order valence-corrected chi connectivity index (χ1v) is 8.67. The van der Waals surface area contributed by atoms with E-state index in [4.69, 9.17) is 0 Å². The molecular weight excluding hydrogens is 314 g/mol. The topological polar surface area (TPSA) is 63.9 Å². The second kappa shape index (κ2) is 6.72. The maximum atomic E-state index is 12.3. The first-order valence-electron chi connectivity index (χ1n) is 8.67. The van der Waals surface area contributed by atoms with Crippen LogP contribution in [0.3, 0.4) is 0 Å². The van der Waals surface area contributed by atoms with E-state index >= 15 is 0 Å². The highest BCUT2D eigenvalue weighted by molar-refractivity contribution is 5.86. The van der Waals surface area contributed by atoms with E-state index in [2.05, 4.69) is 26.3 Å². The minimum atomic E-state index is 0.207. The summed E-state index contributed by atoms with van der Waals surface area (Å²) in [5.74, 6) is 0.207. The number of benzene rings is 1. The molecule has 2 aromatic heterocycles. The average molecular weight is 335 g/mol. The molecule has 6 heteroatoms. The Kier molecular flexibility index (Phi) is 4.28.